The maximum atomic E-state index is 12.7. The molecule has 0 aliphatic rings. The molecule has 0 unspecified atom stereocenters. The number of nitrogens with one attached hydrogen (secondary N) is 1. The Morgan fingerprint density at radius 3 is 1.64 bits per heavy atom. The van der Waals surface area contributed by atoms with Crippen molar-refractivity contribution >= 4 is 44.9 Å². The summed E-state index contributed by atoms with van der Waals surface area (Å²) in [5.41, 5.74) is 8.21. The third-order valence-electron chi connectivity index (χ3n) is 7.70. The van der Waals surface area contributed by atoms with Gasteiger partial charge < -0.3 is 9.55 Å². The molecule has 1 N–H and O–H groups in total. The van der Waals surface area contributed by atoms with E-state index >= 15 is 0 Å². The first-order chi connectivity index (χ1) is 19.0. The van der Waals surface area contributed by atoms with Crippen molar-refractivity contribution in [2.75, 3.05) is 13.3 Å². The summed E-state index contributed by atoms with van der Waals surface area (Å²) in [6.07, 6.45) is 0. The first-order valence-electron chi connectivity index (χ1n) is 13.3. The lowest BCUT2D eigenvalue weighted by molar-refractivity contribution is 0.588. The fraction of sp³-hybridized carbons (Fsp3) is 0.0556. The molecule has 2 nitrogen and oxygen atoms in total. The molecule has 7 aromatic rings. The first-order valence-corrected chi connectivity index (χ1v) is 15.9. The molecule has 0 radical (unpaired) electrons. The van der Waals surface area contributed by atoms with E-state index in [0.29, 0.717) is 0 Å². The highest BCUT2D eigenvalue weighted by molar-refractivity contribution is 7.70. The number of aromatic nitrogens is 1. The predicted octanol–water partition coefficient (Wildman–Crippen LogP) is 9.72. The minimum atomic E-state index is -2.32. The summed E-state index contributed by atoms with van der Waals surface area (Å²) >= 11 is 0. The zero-order chi connectivity index (χ0) is 26.6. The number of benzene rings is 6. The SMILES string of the molecule is CP(C)(=O)c1ccc(-c2c3ccccc3c(-c3cccc(-c4cc5ccccc5[nH]4)c3)c3ccccc23)cc1. The van der Waals surface area contributed by atoms with Gasteiger partial charge in [0.25, 0.3) is 0 Å². The number of aromatic amines is 1. The highest BCUT2D eigenvalue weighted by Gasteiger charge is 2.18. The lowest BCUT2D eigenvalue weighted by Gasteiger charge is -2.18. The van der Waals surface area contributed by atoms with Crippen molar-refractivity contribution < 1.29 is 4.57 Å². The summed E-state index contributed by atoms with van der Waals surface area (Å²) < 4.78 is 12.7. The molecular formula is C36H28NOP. The molecule has 39 heavy (non-hydrogen) atoms. The third-order valence-corrected chi connectivity index (χ3v) is 9.24. The summed E-state index contributed by atoms with van der Waals surface area (Å²) in [5, 5.41) is 7.00. The zero-order valence-electron chi connectivity index (χ0n) is 22.0. The Labute approximate surface area is 228 Å². The number of fused-ring (bicyclic) bond motifs is 3. The molecule has 0 aliphatic heterocycles. The van der Waals surface area contributed by atoms with Gasteiger partial charge in [-0.2, -0.15) is 0 Å². The minimum absolute atomic E-state index is 0.908. The Morgan fingerprint density at radius 1 is 0.513 bits per heavy atom. The van der Waals surface area contributed by atoms with Gasteiger partial charge in [0.05, 0.1) is 0 Å². The van der Waals surface area contributed by atoms with Crippen LogP contribution in [0.25, 0.3) is 66.0 Å². The molecule has 7 rings (SSSR count). The Morgan fingerprint density at radius 2 is 1.05 bits per heavy atom. The lowest BCUT2D eigenvalue weighted by Crippen LogP contribution is -2.01. The van der Waals surface area contributed by atoms with E-state index in [2.05, 4.69) is 120 Å². The smallest absolute Gasteiger partial charge is 0.109 e. The average Bonchev–Trinajstić information content (AvgIpc) is 3.40. The molecule has 3 heteroatoms. The van der Waals surface area contributed by atoms with E-state index in [1.54, 1.807) is 0 Å². The molecule has 0 aliphatic carbocycles. The van der Waals surface area contributed by atoms with Crippen LogP contribution in [0.4, 0.5) is 0 Å². The van der Waals surface area contributed by atoms with Gasteiger partial charge >= 0.3 is 0 Å². The summed E-state index contributed by atoms with van der Waals surface area (Å²) in [6, 6.07) is 45.2. The van der Waals surface area contributed by atoms with E-state index in [-0.39, 0.29) is 0 Å². The van der Waals surface area contributed by atoms with Gasteiger partial charge in [0.1, 0.15) is 7.14 Å². The van der Waals surface area contributed by atoms with Gasteiger partial charge in [0.15, 0.2) is 0 Å². The summed E-state index contributed by atoms with van der Waals surface area (Å²) in [6.45, 7) is 3.65. The highest BCUT2D eigenvalue weighted by atomic mass is 31.2. The van der Waals surface area contributed by atoms with Crippen molar-refractivity contribution in [3.8, 4) is 33.5 Å². The highest BCUT2D eigenvalue weighted by Crippen LogP contribution is 2.44. The van der Waals surface area contributed by atoms with Gasteiger partial charge in [-0.1, -0.05) is 109 Å². The monoisotopic (exact) mass is 521 g/mol. The normalized spacial score (nSPS) is 11.9. The number of hydrogen-bond acceptors (Lipinski definition) is 1. The molecule has 1 aromatic heterocycles. The topological polar surface area (TPSA) is 32.9 Å². The van der Waals surface area contributed by atoms with Gasteiger partial charge in [-0.3, -0.25) is 0 Å². The number of hydrogen-bond donors (Lipinski definition) is 1. The predicted molar refractivity (Wildman–Crippen MR) is 169 cm³/mol. The molecule has 6 aromatic carbocycles. The molecule has 188 valence electrons. The van der Waals surface area contributed by atoms with Crippen LogP contribution in [-0.4, -0.2) is 18.3 Å². The fourth-order valence-electron chi connectivity index (χ4n) is 5.81. The van der Waals surface area contributed by atoms with Gasteiger partial charge in [0.2, 0.25) is 0 Å². The van der Waals surface area contributed by atoms with E-state index in [0.717, 1.165) is 22.1 Å². The van der Waals surface area contributed by atoms with Crippen molar-refractivity contribution in [3.63, 3.8) is 0 Å². The molecule has 0 saturated heterocycles. The summed E-state index contributed by atoms with van der Waals surface area (Å²) in [7, 11) is -2.32. The maximum absolute atomic E-state index is 12.7. The van der Waals surface area contributed by atoms with Gasteiger partial charge in [-0.15, -0.1) is 0 Å². The second-order valence-electron chi connectivity index (χ2n) is 10.6. The number of H-pyrrole nitrogens is 1. The third kappa shape index (κ3) is 4.09. The molecule has 0 spiro atoms. The van der Waals surface area contributed by atoms with Crippen LogP contribution in [0.1, 0.15) is 0 Å². The molecule has 0 bridgehead atoms. The second-order valence-corrected chi connectivity index (χ2v) is 13.8. The molecule has 0 saturated carbocycles. The van der Waals surface area contributed by atoms with E-state index in [1.165, 1.54) is 49.2 Å². The van der Waals surface area contributed by atoms with Crippen molar-refractivity contribution in [1.29, 1.82) is 0 Å². The van der Waals surface area contributed by atoms with Gasteiger partial charge in [0, 0.05) is 21.9 Å². The Hall–Kier alpha value is -4.39. The van der Waals surface area contributed by atoms with Crippen molar-refractivity contribution in [2.45, 2.75) is 0 Å². The van der Waals surface area contributed by atoms with Gasteiger partial charge in [-0.05, 0) is 80.9 Å². The van der Waals surface area contributed by atoms with Crippen LogP contribution in [0, 0.1) is 0 Å². The Kier molecular flexibility index (Phi) is 5.54. The standard InChI is InChI=1S/C36H28NOP/c1-39(2,38)28-20-18-24(19-21-28)35-29-13-4-6-15-31(29)36(32-16-7-5-14-30(32)35)27-12-9-11-25(22-27)34-23-26-10-3-8-17-33(26)37-34/h3-23,37H,1-2H3. The zero-order valence-corrected chi connectivity index (χ0v) is 22.9. The van der Waals surface area contributed by atoms with Crippen molar-refractivity contribution in [1.82, 2.24) is 4.98 Å². The van der Waals surface area contributed by atoms with Crippen LogP contribution < -0.4 is 5.30 Å². The quantitative estimate of drug-likeness (QED) is 0.181. The van der Waals surface area contributed by atoms with Crippen LogP contribution in [0.15, 0.2) is 127 Å². The number of rotatable bonds is 4. The van der Waals surface area contributed by atoms with Crippen LogP contribution >= 0.6 is 7.14 Å². The van der Waals surface area contributed by atoms with E-state index in [9.17, 15) is 4.57 Å². The minimum Gasteiger partial charge on any atom is -0.355 e. The van der Waals surface area contributed by atoms with E-state index in [1.807, 2.05) is 25.5 Å². The van der Waals surface area contributed by atoms with Crippen LogP contribution in [0.3, 0.4) is 0 Å². The molecule has 0 fully saturated rings. The molecular weight excluding hydrogens is 493 g/mol. The molecule has 1 heterocycles. The maximum Gasteiger partial charge on any atom is 0.109 e. The number of para-hydroxylation sites is 1. The van der Waals surface area contributed by atoms with Crippen LogP contribution in [-0.2, 0) is 4.57 Å². The van der Waals surface area contributed by atoms with Crippen LogP contribution in [0.2, 0.25) is 0 Å². The molecule has 0 amide bonds. The van der Waals surface area contributed by atoms with Gasteiger partial charge in [-0.25, -0.2) is 0 Å². The fourth-order valence-corrected chi connectivity index (χ4v) is 6.68. The van der Waals surface area contributed by atoms with E-state index in [4.69, 9.17) is 0 Å². The largest absolute Gasteiger partial charge is 0.355 e. The van der Waals surface area contributed by atoms with Crippen molar-refractivity contribution in [3.05, 3.63) is 127 Å². The average molecular weight is 522 g/mol. The summed E-state index contributed by atoms with van der Waals surface area (Å²) in [4.78, 5) is 3.59. The molecule has 0 atom stereocenters. The Bertz CT molecular complexity index is 1970. The first kappa shape index (κ1) is 23.7. The summed E-state index contributed by atoms with van der Waals surface area (Å²) in [5.74, 6) is 0. The lowest BCUT2D eigenvalue weighted by atomic mass is 9.85. The van der Waals surface area contributed by atoms with Crippen LogP contribution in [0.5, 0.6) is 0 Å². The van der Waals surface area contributed by atoms with E-state index < -0.39 is 7.14 Å². The Balaban J connectivity index is 1.48. The van der Waals surface area contributed by atoms with Crippen molar-refractivity contribution in [2.24, 2.45) is 0 Å². The second kappa shape index (κ2) is 9.12.